The molecule has 160 valence electrons. The van der Waals surface area contributed by atoms with Crippen molar-refractivity contribution in [1.29, 1.82) is 0 Å². The fourth-order valence-electron chi connectivity index (χ4n) is 5.11. The number of likely N-dealkylation sites (tertiary alicyclic amines) is 1. The van der Waals surface area contributed by atoms with Crippen LogP contribution in [-0.2, 0) is 5.41 Å². The Hall–Kier alpha value is -3.60. The smallest absolute Gasteiger partial charge is 0.289 e. The Morgan fingerprint density at radius 2 is 1.91 bits per heavy atom. The van der Waals surface area contributed by atoms with Gasteiger partial charge in [0.05, 0.1) is 6.61 Å². The van der Waals surface area contributed by atoms with Crippen LogP contribution in [0.3, 0.4) is 0 Å². The highest BCUT2D eigenvalue weighted by Crippen LogP contribution is 2.45. The Morgan fingerprint density at radius 3 is 2.75 bits per heavy atom. The zero-order chi connectivity index (χ0) is 21.7. The molecule has 1 saturated heterocycles. The first-order chi connectivity index (χ1) is 15.6. The fourth-order valence-corrected chi connectivity index (χ4v) is 5.11. The van der Waals surface area contributed by atoms with Crippen molar-refractivity contribution < 1.29 is 13.9 Å². The molecule has 0 atom stereocenters. The molecule has 2 aliphatic rings. The second-order valence-electron chi connectivity index (χ2n) is 8.91. The Balaban J connectivity index is 1.23. The van der Waals surface area contributed by atoms with Crippen LogP contribution in [0.2, 0.25) is 0 Å². The van der Waals surface area contributed by atoms with Crippen molar-refractivity contribution in [2.45, 2.75) is 25.2 Å². The standard InChI is InChI=1S/C27H24N2O3/c1-18-8-11-28-16-21(18)19-6-7-23-20(14-19)15-25(32-23)26(30)29-12-9-27(10-13-29)17-31-24-5-3-2-4-22(24)27/h2-8,11,14-16H,9-10,12-13,17H2,1H3. The number of piperidine rings is 1. The van der Waals surface area contributed by atoms with Gasteiger partial charge in [0.25, 0.3) is 5.91 Å². The van der Waals surface area contributed by atoms with Gasteiger partial charge in [-0.1, -0.05) is 24.3 Å². The molecule has 4 heterocycles. The van der Waals surface area contributed by atoms with E-state index in [0.29, 0.717) is 25.5 Å². The molecule has 6 rings (SSSR count). The van der Waals surface area contributed by atoms with Gasteiger partial charge in [0.15, 0.2) is 5.76 Å². The first kappa shape index (κ1) is 19.1. The van der Waals surface area contributed by atoms with Crippen LogP contribution < -0.4 is 4.74 Å². The van der Waals surface area contributed by atoms with Crippen LogP contribution in [0, 0.1) is 6.92 Å². The minimum Gasteiger partial charge on any atom is -0.492 e. The van der Waals surface area contributed by atoms with Gasteiger partial charge >= 0.3 is 0 Å². The van der Waals surface area contributed by atoms with Gasteiger partial charge in [0, 0.05) is 47.4 Å². The largest absolute Gasteiger partial charge is 0.492 e. The summed E-state index contributed by atoms with van der Waals surface area (Å²) in [4.78, 5) is 19.4. The molecule has 0 bridgehead atoms. The van der Waals surface area contributed by atoms with E-state index < -0.39 is 0 Å². The Kier molecular flexibility index (Phi) is 4.32. The van der Waals surface area contributed by atoms with Crippen molar-refractivity contribution in [1.82, 2.24) is 9.88 Å². The molecule has 1 amide bonds. The second-order valence-corrected chi connectivity index (χ2v) is 8.91. The normalized spacial score (nSPS) is 16.8. The van der Waals surface area contributed by atoms with Crippen molar-refractivity contribution in [3.63, 3.8) is 0 Å². The van der Waals surface area contributed by atoms with Crippen LogP contribution in [0.25, 0.3) is 22.1 Å². The number of hydrogen-bond donors (Lipinski definition) is 0. The molecule has 0 aliphatic carbocycles. The average molecular weight is 425 g/mol. The van der Waals surface area contributed by atoms with Gasteiger partial charge in [-0.3, -0.25) is 9.78 Å². The topological polar surface area (TPSA) is 55.6 Å². The summed E-state index contributed by atoms with van der Waals surface area (Å²) < 4.78 is 11.9. The van der Waals surface area contributed by atoms with Gasteiger partial charge < -0.3 is 14.1 Å². The Labute approximate surface area is 186 Å². The number of rotatable bonds is 2. The molecule has 4 aromatic rings. The number of ether oxygens (including phenoxy) is 1. The summed E-state index contributed by atoms with van der Waals surface area (Å²) in [5.74, 6) is 1.35. The minimum atomic E-state index is -0.0395. The van der Waals surface area contributed by atoms with Gasteiger partial charge in [0.2, 0.25) is 0 Å². The summed E-state index contributed by atoms with van der Waals surface area (Å²) in [6.07, 6.45) is 5.48. The second kappa shape index (κ2) is 7.23. The lowest BCUT2D eigenvalue weighted by Crippen LogP contribution is -2.45. The molecule has 5 nitrogen and oxygen atoms in total. The highest BCUT2D eigenvalue weighted by atomic mass is 16.5. The lowest BCUT2D eigenvalue weighted by molar-refractivity contribution is 0.0618. The molecule has 1 fully saturated rings. The molecular weight excluding hydrogens is 400 g/mol. The van der Waals surface area contributed by atoms with Crippen molar-refractivity contribution >= 4 is 16.9 Å². The molecule has 0 radical (unpaired) electrons. The number of carbonyl (C=O) groups is 1. The molecule has 2 aromatic carbocycles. The Bertz CT molecular complexity index is 1330. The van der Waals surface area contributed by atoms with Gasteiger partial charge in [-0.05, 0) is 61.2 Å². The average Bonchev–Trinajstić information content (AvgIpc) is 3.41. The van der Waals surface area contributed by atoms with Gasteiger partial charge in [0.1, 0.15) is 11.3 Å². The molecule has 0 saturated carbocycles. The van der Waals surface area contributed by atoms with Crippen LogP contribution in [0.5, 0.6) is 5.75 Å². The number of pyridine rings is 1. The number of aryl methyl sites for hydroxylation is 1. The first-order valence-corrected chi connectivity index (χ1v) is 11.1. The zero-order valence-corrected chi connectivity index (χ0v) is 18.0. The van der Waals surface area contributed by atoms with E-state index in [-0.39, 0.29) is 11.3 Å². The van der Waals surface area contributed by atoms with Crippen LogP contribution in [0.15, 0.2) is 71.4 Å². The number of para-hydroxylation sites is 1. The van der Waals surface area contributed by atoms with Crippen LogP contribution in [-0.4, -0.2) is 35.5 Å². The number of amides is 1. The number of aromatic nitrogens is 1. The van der Waals surface area contributed by atoms with E-state index in [1.807, 2.05) is 47.5 Å². The predicted molar refractivity (Wildman–Crippen MR) is 123 cm³/mol. The van der Waals surface area contributed by atoms with E-state index in [2.05, 4.69) is 30.1 Å². The molecule has 0 unspecified atom stereocenters. The summed E-state index contributed by atoms with van der Waals surface area (Å²) in [5, 5.41) is 0.931. The predicted octanol–water partition coefficient (Wildman–Crippen LogP) is 5.37. The number of fused-ring (bicyclic) bond motifs is 3. The molecule has 1 spiro atoms. The van der Waals surface area contributed by atoms with Gasteiger partial charge in [-0.25, -0.2) is 0 Å². The van der Waals surface area contributed by atoms with E-state index in [4.69, 9.17) is 9.15 Å². The molecule has 32 heavy (non-hydrogen) atoms. The van der Waals surface area contributed by atoms with E-state index in [1.165, 1.54) is 11.1 Å². The molecule has 2 aromatic heterocycles. The third-order valence-corrected chi connectivity index (χ3v) is 7.05. The highest BCUT2D eigenvalue weighted by Gasteiger charge is 2.43. The van der Waals surface area contributed by atoms with Crippen molar-refractivity contribution in [3.05, 3.63) is 83.9 Å². The maximum atomic E-state index is 13.2. The van der Waals surface area contributed by atoms with Crippen LogP contribution in [0.4, 0.5) is 0 Å². The van der Waals surface area contributed by atoms with E-state index in [0.717, 1.165) is 40.7 Å². The maximum Gasteiger partial charge on any atom is 0.289 e. The lowest BCUT2D eigenvalue weighted by atomic mass is 9.74. The number of nitrogens with zero attached hydrogens (tertiary/aromatic N) is 2. The van der Waals surface area contributed by atoms with Crippen molar-refractivity contribution in [3.8, 4) is 16.9 Å². The summed E-state index contributed by atoms with van der Waals surface area (Å²) in [5.41, 5.74) is 5.36. The quantitative estimate of drug-likeness (QED) is 0.434. The highest BCUT2D eigenvalue weighted by molar-refractivity contribution is 5.97. The van der Waals surface area contributed by atoms with Crippen LogP contribution >= 0.6 is 0 Å². The number of benzene rings is 2. The molecule has 5 heteroatoms. The lowest BCUT2D eigenvalue weighted by Gasteiger charge is -2.38. The SMILES string of the molecule is Cc1ccncc1-c1ccc2oc(C(=O)N3CCC4(CC3)COc3ccccc34)cc2c1. The fraction of sp³-hybridized carbons (Fsp3) is 0.259. The van der Waals surface area contributed by atoms with Crippen LogP contribution in [0.1, 0.15) is 34.5 Å². The van der Waals surface area contributed by atoms with E-state index in [9.17, 15) is 4.79 Å². The number of hydrogen-bond acceptors (Lipinski definition) is 4. The van der Waals surface area contributed by atoms with Gasteiger partial charge in [-0.2, -0.15) is 0 Å². The minimum absolute atomic E-state index is 0.0255. The van der Waals surface area contributed by atoms with E-state index >= 15 is 0 Å². The number of carbonyl (C=O) groups excluding carboxylic acids is 1. The zero-order valence-electron chi connectivity index (χ0n) is 18.0. The maximum absolute atomic E-state index is 13.2. The number of furan rings is 1. The molecule has 2 aliphatic heterocycles. The summed E-state index contributed by atoms with van der Waals surface area (Å²) in [6.45, 7) is 4.18. The third-order valence-electron chi connectivity index (χ3n) is 7.05. The summed E-state index contributed by atoms with van der Waals surface area (Å²) >= 11 is 0. The van der Waals surface area contributed by atoms with Gasteiger partial charge in [-0.15, -0.1) is 0 Å². The van der Waals surface area contributed by atoms with Crippen molar-refractivity contribution in [2.75, 3.05) is 19.7 Å². The van der Waals surface area contributed by atoms with E-state index in [1.54, 1.807) is 6.20 Å². The summed E-state index contributed by atoms with van der Waals surface area (Å²) in [7, 11) is 0. The molecular formula is C27H24N2O3. The van der Waals surface area contributed by atoms with Crippen molar-refractivity contribution in [2.24, 2.45) is 0 Å². The first-order valence-electron chi connectivity index (χ1n) is 11.1. The summed E-state index contributed by atoms with van der Waals surface area (Å²) in [6, 6.07) is 18.2. The monoisotopic (exact) mass is 424 g/mol. The molecule has 0 N–H and O–H groups in total. The third kappa shape index (κ3) is 3.00. The Morgan fingerprint density at radius 1 is 1.06 bits per heavy atom.